The standard InChI is InChI=1S/C14H27NO4/c1-5-13(17)15-7-9-19-11-10-18-8-6-12(16)14(2,3)4/h5-11H2,1-4H3,(H,15,17). The van der Waals surface area contributed by atoms with Crippen molar-refractivity contribution in [3.63, 3.8) is 0 Å². The molecule has 1 amide bonds. The number of Topliss-reactive ketones (excluding diaryl/α,β-unsaturated/α-hetero) is 1. The predicted molar refractivity (Wildman–Crippen MR) is 74.0 cm³/mol. The van der Waals surface area contributed by atoms with E-state index in [0.717, 1.165) is 0 Å². The maximum absolute atomic E-state index is 11.6. The molecule has 0 spiro atoms. The Labute approximate surface area is 116 Å². The third kappa shape index (κ3) is 10.7. The number of hydrogen-bond donors (Lipinski definition) is 1. The van der Waals surface area contributed by atoms with Gasteiger partial charge in [-0.15, -0.1) is 0 Å². The van der Waals surface area contributed by atoms with Gasteiger partial charge in [0.15, 0.2) is 0 Å². The predicted octanol–water partition coefficient (Wildman–Crippen LogP) is 1.55. The van der Waals surface area contributed by atoms with Crippen LogP contribution in [0.4, 0.5) is 0 Å². The van der Waals surface area contributed by atoms with Crippen LogP contribution in [-0.4, -0.2) is 44.7 Å². The van der Waals surface area contributed by atoms with Gasteiger partial charge in [0, 0.05) is 24.8 Å². The van der Waals surface area contributed by atoms with Gasteiger partial charge < -0.3 is 14.8 Å². The average molecular weight is 273 g/mol. The van der Waals surface area contributed by atoms with Gasteiger partial charge in [-0.25, -0.2) is 0 Å². The summed E-state index contributed by atoms with van der Waals surface area (Å²) in [5.74, 6) is 0.233. The molecule has 0 unspecified atom stereocenters. The van der Waals surface area contributed by atoms with Crippen LogP contribution in [0.2, 0.25) is 0 Å². The second kappa shape index (κ2) is 9.92. The van der Waals surface area contributed by atoms with Crippen LogP contribution < -0.4 is 5.32 Å². The molecule has 0 aromatic heterocycles. The number of ketones is 1. The van der Waals surface area contributed by atoms with Crippen LogP contribution in [0.15, 0.2) is 0 Å². The number of rotatable bonds is 10. The molecule has 0 heterocycles. The summed E-state index contributed by atoms with van der Waals surface area (Å²) in [6.45, 7) is 9.92. The monoisotopic (exact) mass is 273 g/mol. The van der Waals surface area contributed by atoms with E-state index in [9.17, 15) is 9.59 Å². The van der Waals surface area contributed by atoms with Gasteiger partial charge in [-0.05, 0) is 0 Å². The summed E-state index contributed by atoms with van der Waals surface area (Å²) < 4.78 is 10.6. The van der Waals surface area contributed by atoms with Crippen LogP contribution in [0.3, 0.4) is 0 Å². The summed E-state index contributed by atoms with van der Waals surface area (Å²) in [5, 5.41) is 2.72. The van der Waals surface area contributed by atoms with Gasteiger partial charge in [0.2, 0.25) is 5.91 Å². The van der Waals surface area contributed by atoms with Gasteiger partial charge in [0.25, 0.3) is 0 Å². The molecule has 5 heteroatoms. The lowest BCUT2D eigenvalue weighted by Crippen LogP contribution is -2.26. The Hall–Kier alpha value is -0.940. The molecule has 112 valence electrons. The van der Waals surface area contributed by atoms with Crippen molar-refractivity contribution >= 4 is 11.7 Å². The lowest BCUT2D eigenvalue weighted by Gasteiger charge is -2.16. The molecule has 1 N–H and O–H groups in total. The van der Waals surface area contributed by atoms with Crippen LogP contribution in [-0.2, 0) is 19.1 Å². The molecule has 0 aromatic carbocycles. The molecule has 0 saturated carbocycles. The second-order valence-corrected chi connectivity index (χ2v) is 5.35. The molecular formula is C14H27NO4. The van der Waals surface area contributed by atoms with Gasteiger partial charge in [0.05, 0.1) is 26.4 Å². The van der Waals surface area contributed by atoms with Gasteiger partial charge in [0.1, 0.15) is 5.78 Å². The molecule has 5 nitrogen and oxygen atoms in total. The molecule has 0 aliphatic rings. The van der Waals surface area contributed by atoms with Crippen LogP contribution in [0.1, 0.15) is 40.5 Å². The Kier molecular flexibility index (Phi) is 9.43. The first-order chi connectivity index (χ1) is 8.88. The Morgan fingerprint density at radius 3 is 2.11 bits per heavy atom. The van der Waals surface area contributed by atoms with E-state index < -0.39 is 0 Å². The number of carbonyl (C=O) groups excluding carboxylic acids is 2. The first kappa shape index (κ1) is 18.1. The summed E-state index contributed by atoms with van der Waals surface area (Å²) in [7, 11) is 0. The Morgan fingerprint density at radius 2 is 1.58 bits per heavy atom. The molecule has 0 fully saturated rings. The van der Waals surface area contributed by atoms with Crippen molar-refractivity contribution in [3.8, 4) is 0 Å². The highest BCUT2D eigenvalue weighted by Crippen LogP contribution is 2.16. The third-order valence-electron chi connectivity index (χ3n) is 2.57. The van der Waals surface area contributed by atoms with E-state index in [2.05, 4.69) is 5.32 Å². The summed E-state index contributed by atoms with van der Waals surface area (Å²) in [6.07, 6.45) is 0.932. The maximum atomic E-state index is 11.6. The molecular weight excluding hydrogens is 246 g/mol. The number of ether oxygens (including phenoxy) is 2. The van der Waals surface area contributed by atoms with Gasteiger partial charge in [-0.3, -0.25) is 9.59 Å². The van der Waals surface area contributed by atoms with Crippen molar-refractivity contribution in [3.05, 3.63) is 0 Å². The molecule has 0 rings (SSSR count). The van der Waals surface area contributed by atoms with Crippen LogP contribution in [0.25, 0.3) is 0 Å². The largest absolute Gasteiger partial charge is 0.379 e. The van der Waals surface area contributed by atoms with E-state index in [-0.39, 0.29) is 17.1 Å². The highest BCUT2D eigenvalue weighted by atomic mass is 16.5. The summed E-state index contributed by atoms with van der Waals surface area (Å²) in [4.78, 5) is 22.5. The molecule has 0 aromatic rings. The minimum absolute atomic E-state index is 0.0283. The van der Waals surface area contributed by atoms with E-state index in [1.54, 1.807) is 0 Å². The third-order valence-corrected chi connectivity index (χ3v) is 2.57. The lowest BCUT2D eigenvalue weighted by molar-refractivity contribution is -0.127. The van der Waals surface area contributed by atoms with Gasteiger partial charge >= 0.3 is 0 Å². The van der Waals surface area contributed by atoms with Crippen molar-refractivity contribution in [2.45, 2.75) is 40.5 Å². The topological polar surface area (TPSA) is 64.6 Å². The van der Waals surface area contributed by atoms with Gasteiger partial charge in [-0.1, -0.05) is 27.7 Å². The first-order valence-electron chi connectivity index (χ1n) is 6.83. The van der Waals surface area contributed by atoms with Crippen molar-refractivity contribution in [1.29, 1.82) is 0 Å². The number of nitrogens with one attached hydrogen (secondary N) is 1. The lowest BCUT2D eigenvalue weighted by atomic mass is 9.89. The number of amides is 1. The summed E-state index contributed by atoms with van der Waals surface area (Å²) in [6, 6.07) is 0. The molecule has 0 atom stereocenters. The quantitative estimate of drug-likeness (QED) is 0.613. The van der Waals surface area contributed by atoms with Crippen molar-refractivity contribution < 1.29 is 19.1 Å². The smallest absolute Gasteiger partial charge is 0.219 e. The Balaban J connectivity index is 3.28. The molecule has 0 aliphatic heterocycles. The van der Waals surface area contributed by atoms with E-state index in [1.807, 2.05) is 27.7 Å². The average Bonchev–Trinajstić information content (AvgIpc) is 2.34. The fraction of sp³-hybridized carbons (Fsp3) is 0.857. The van der Waals surface area contributed by atoms with Crippen LogP contribution in [0, 0.1) is 5.41 Å². The molecule has 0 bridgehead atoms. The zero-order valence-electron chi connectivity index (χ0n) is 12.6. The summed E-state index contributed by atoms with van der Waals surface area (Å²) in [5.41, 5.74) is -0.294. The van der Waals surface area contributed by atoms with Crippen LogP contribution >= 0.6 is 0 Å². The zero-order chi connectivity index (χ0) is 14.7. The number of carbonyl (C=O) groups is 2. The number of hydrogen-bond acceptors (Lipinski definition) is 4. The molecule has 0 radical (unpaired) electrons. The summed E-state index contributed by atoms with van der Waals surface area (Å²) >= 11 is 0. The van der Waals surface area contributed by atoms with E-state index in [0.29, 0.717) is 45.8 Å². The molecule has 19 heavy (non-hydrogen) atoms. The normalized spacial score (nSPS) is 11.4. The fourth-order valence-electron chi connectivity index (χ4n) is 1.25. The van der Waals surface area contributed by atoms with E-state index in [4.69, 9.17) is 9.47 Å². The highest BCUT2D eigenvalue weighted by molar-refractivity contribution is 5.83. The van der Waals surface area contributed by atoms with Crippen LogP contribution in [0.5, 0.6) is 0 Å². The first-order valence-corrected chi connectivity index (χ1v) is 6.83. The molecule has 0 aliphatic carbocycles. The van der Waals surface area contributed by atoms with Gasteiger partial charge in [-0.2, -0.15) is 0 Å². The van der Waals surface area contributed by atoms with E-state index in [1.165, 1.54) is 0 Å². The minimum atomic E-state index is -0.294. The van der Waals surface area contributed by atoms with Crippen molar-refractivity contribution in [2.75, 3.05) is 33.0 Å². The molecule has 0 saturated heterocycles. The highest BCUT2D eigenvalue weighted by Gasteiger charge is 2.20. The van der Waals surface area contributed by atoms with Crippen molar-refractivity contribution in [2.24, 2.45) is 5.41 Å². The fourth-order valence-corrected chi connectivity index (χ4v) is 1.25. The van der Waals surface area contributed by atoms with E-state index >= 15 is 0 Å². The minimum Gasteiger partial charge on any atom is -0.379 e. The zero-order valence-corrected chi connectivity index (χ0v) is 12.6. The second-order valence-electron chi connectivity index (χ2n) is 5.35. The SMILES string of the molecule is CCC(=O)NCCOCCOCCC(=O)C(C)(C)C. The van der Waals surface area contributed by atoms with Crippen molar-refractivity contribution in [1.82, 2.24) is 5.32 Å². The Bertz CT molecular complexity index is 271. The Morgan fingerprint density at radius 1 is 1.00 bits per heavy atom. The maximum Gasteiger partial charge on any atom is 0.219 e.